The topological polar surface area (TPSA) is 105 Å². The summed E-state index contributed by atoms with van der Waals surface area (Å²) in [5.74, 6) is -0.320. The average Bonchev–Trinajstić information content (AvgIpc) is 2.68. The number of ether oxygens (including phenoxy) is 1. The predicted octanol–water partition coefficient (Wildman–Crippen LogP) is 7.64. The summed E-state index contributed by atoms with van der Waals surface area (Å²) in [4.78, 5) is 11.8. The Morgan fingerprint density at radius 3 is 2.09 bits per heavy atom. The van der Waals surface area contributed by atoms with Crippen LogP contribution >= 0.6 is 58.0 Å². The Hall–Kier alpha value is -1.91. The second-order valence-electron chi connectivity index (χ2n) is 6.14. The zero-order chi connectivity index (χ0) is 23.6. The number of halogens is 5. The van der Waals surface area contributed by atoms with Gasteiger partial charge in [0, 0.05) is 16.8 Å². The van der Waals surface area contributed by atoms with E-state index in [-0.39, 0.29) is 37.3 Å². The van der Waals surface area contributed by atoms with Gasteiger partial charge in [0.15, 0.2) is 5.75 Å². The lowest BCUT2D eigenvalue weighted by atomic mass is 10.2. The molecule has 0 fully saturated rings. The van der Waals surface area contributed by atoms with E-state index in [1.807, 2.05) is 0 Å². The Kier molecular flexibility index (Phi) is 7.67. The maximum atomic E-state index is 12.4. The first-order valence-corrected chi connectivity index (χ1v) is 11.7. The van der Waals surface area contributed by atoms with Crippen LogP contribution < -0.4 is 15.4 Å². The predicted molar refractivity (Wildman–Crippen MR) is 127 cm³/mol. The first-order valence-electron chi connectivity index (χ1n) is 8.41. The van der Waals surface area contributed by atoms with E-state index in [1.165, 1.54) is 36.4 Å². The van der Waals surface area contributed by atoms with Crippen LogP contribution in [0.25, 0.3) is 0 Å². The van der Waals surface area contributed by atoms with Gasteiger partial charge in [0.05, 0.1) is 25.8 Å². The number of carbonyl (C=O) groups is 1. The standard InChI is InChI=1S/C19H11Cl5N2O5S/c20-9-1-4-16(31-17-7-13(23)14(24)8-18(17)32(28,29)30)15(5-9)26-19(27)25-10-2-3-11(21)12(22)6-10/h1-8H,(H2,25,26,27)(H,28,29,30). The minimum Gasteiger partial charge on any atom is -0.454 e. The molecule has 0 spiro atoms. The molecule has 0 heterocycles. The molecule has 32 heavy (non-hydrogen) atoms. The lowest BCUT2D eigenvalue weighted by molar-refractivity contribution is 0.262. The molecule has 0 radical (unpaired) electrons. The van der Waals surface area contributed by atoms with Crippen molar-refractivity contribution >= 4 is 85.5 Å². The second-order valence-corrected chi connectivity index (χ2v) is 9.59. The van der Waals surface area contributed by atoms with E-state index in [2.05, 4.69) is 10.6 Å². The molecule has 0 saturated heterocycles. The van der Waals surface area contributed by atoms with Gasteiger partial charge in [-0.3, -0.25) is 4.55 Å². The summed E-state index contributed by atoms with van der Waals surface area (Å²) in [5.41, 5.74) is 0.446. The number of hydrogen-bond acceptors (Lipinski definition) is 4. The first-order chi connectivity index (χ1) is 14.9. The maximum absolute atomic E-state index is 12.4. The fourth-order valence-electron chi connectivity index (χ4n) is 2.46. The number of rotatable bonds is 5. The zero-order valence-electron chi connectivity index (χ0n) is 15.5. The van der Waals surface area contributed by atoms with Crippen LogP contribution in [0.1, 0.15) is 0 Å². The summed E-state index contributed by atoms with van der Waals surface area (Å²) >= 11 is 29.6. The molecule has 3 aromatic carbocycles. The number of anilines is 2. The van der Waals surface area contributed by atoms with Gasteiger partial charge in [0.25, 0.3) is 10.1 Å². The summed E-state index contributed by atoms with van der Waals surface area (Å²) in [5, 5.41) is 5.78. The fourth-order valence-corrected chi connectivity index (χ4v) is 3.93. The van der Waals surface area contributed by atoms with Gasteiger partial charge < -0.3 is 15.4 Å². The molecule has 3 aromatic rings. The normalized spacial score (nSPS) is 11.2. The molecule has 7 nitrogen and oxygen atoms in total. The smallest absolute Gasteiger partial charge is 0.323 e. The molecule has 0 bridgehead atoms. The molecule has 2 amide bonds. The van der Waals surface area contributed by atoms with Crippen molar-refractivity contribution in [3.8, 4) is 11.5 Å². The Labute approximate surface area is 207 Å². The highest BCUT2D eigenvalue weighted by atomic mass is 35.5. The molecule has 0 saturated carbocycles. The summed E-state index contributed by atoms with van der Waals surface area (Å²) in [6.07, 6.45) is 0. The Morgan fingerprint density at radius 2 is 1.44 bits per heavy atom. The molecule has 0 aliphatic rings. The molecule has 0 unspecified atom stereocenters. The Morgan fingerprint density at radius 1 is 0.781 bits per heavy atom. The van der Waals surface area contributed by atoms with E-state index in [0.717, 1.165) is 12.1 Å². The summed E-state index contributed by atoms with van der Waals surface area (Å²) in [7, 11) is -4.70. The lowest BCUT2D eigenvalue weighted by Crippen LogP contribution is -2.19. The summed E-state index contributed by atoms with van der Waals surface area (Å²) in [6.45, 7) is 0. The van der Waals surface area contributed by atoms with E-state index >= 15 is 0 Å². The zero-order valence-corrected chi connectivity index (χ0v) is 20.1. The van der Waals surface area contributed by atoms with Crippen LogP contribution in [0.15, 0.2) is 53.4 Å². The largest absolute Gasteiger partial charge is 0.454 e. The van der Waals surface area contributed by atoms with Crippen molar-refractivity contribution in [2.24, 2.45) is 0 Å². The van der Waals surface area contributed by atoms with E-state index in [4.69, 9.17) is 62.7 Å². The van der Waals surface area contributed by atoms with Gasteiger partial charge in [0.2, 0.25) is 0 Å². The molecule has 13 heteroatoms. The van der Waals surface area contributed by atoms with Crippen LogP contribution in [0, 0.1) is 0 Å². The van der Waals surface area contributed by atoms with Crippen molar-refractivity contribution < 1.29 is 22.5 Å². The van der Waals surface area contributed by atoms with Crippen LogP contribution in [0.4, 0.5) is 16.2 Å². The van der Waals surface area contributed by atoms with Gasteiger partial charge in [-0.2, -0.15) is 8.42 Å². The van der Waals surface area contributed by atoms with E-state index in [1.54, 1.807) is 0 Å². The molecule has 3 rings (SSSR count). The van der Waals surface area contributed by atoms with Crippen LogP contribution in [0.5, 0.6) is 11.5 Å². The number of carbonyl (C=O) groups excluding carboxylic acids is 1. The number of hydrogen-bond donors (Lipinski definition) is 3. The van der Waals surface area contributed by atoms with Crippen LogP contribution in [-0.2, 0) is 10.1 Å². The SMILES string of the molecule is O=C(Nc1ccc(Cl)c(Cl)c1)Nc1cc(Cl)ccc1Oc1cc(Cl)c(Cl)cc1S(=O)(=O)O. The van der Waals surface area contributed by atoms with Crippen molar-refractivity contribution in [2.75, 3.05) is 10.6 Å². The Bertz CT molecular complexity index is 1320. The summed E-state index contributed by atoms with van der Waals surface area (Å²) < 4.78 is 38.6. The van der Waals surface area contributed by atoms with Gasteiger partial charge in [0.1, 0.15) is 10.6 Å². The number of urea groups is 1. The molecule has 168 valence electrons. The molecule has 0 aliphatic heterocycles. The number of amides is 2. The van der Waals surface area contributed by atoms with E-state index in [0.29, 0.717) is 10.7 Å². The van der Waals surface area contributed by atoms with Gasteiger partial charge in [-0.25, -0.2) is 4.79 Å². The average molecular weight is 557 g/mol. The second kappa shape index (κ2) is 9.93. The van der Waals surface area contributed by atoms with Crippen LogP contribution in [-0.4, -0.2) is 19.0 Å². The third kappa shape index (κ3) is 6.11. The van der Waals surface area contributed by atoms with Gasteiger partial charge in [-0.1, -0.05) is 58.0 Å². The maximum Gasteiger partial charge on any atom is 0.323 e. The highest BCUT2D eigenvalue weighted by Crippen LogP contribution is 2.39. The molecule has 0 atom stereocenters. The molecular formula is C19H11Cl5N2O5S. The van der Waals surface area contributed by atoms with Crippen LogP contribution in [0.3, 0.4) is 0 Å². The van der Waals surface area contributed by atoms with Crippen molar-refractivity contribution in [1.82, 2.24) is 0 Å². The van der Waals surface area contributed by atoms with Crippen molar-refractivity contribution in [3.63, 3.8) is 0 Å². The van der Waals surface area contributed by atoms with E-state index in [9.17, 15) is 17.8 Å². The van der Waals surface area contributed by atoms with Gasteiger partial charge in [-0.15, -0.1) is 0 Å². The number of benzene rings is 3. The molecular weight excluding hydrogens is 546 g/mol. The van der Waals surface area contributed by atoms with Crippen LogP contribution in [0.2, 0.25) is 25.1 Å². The highest BCUT2D eigenvalue weighted by molar-refractivity contribution is 7.86. The third-order valence-electron chi connectivity index (χ3n) is 3.85. The van der Waals surface area contributed by atoms with Crippen molar-refractivity contribution in [2.45, 2.75) is 4.90 Å². The summed E-state index contributed by atoms with van der Waals surface area (Å²) in [6, 6.07) is 10.1. The molecule has 3 N–H and O–H groups in total. The highest BCUT2D eigenvalue weighted by Gasteiger charge is 2.21. The third-order valence-corrected chi connectivity index (χ3v) is 6.42. The molecule has 0 aromatic heterocycles. The quantitative estimate of drug-likeness (QED) is 0.280. The first kappa shape index (κ1) is 24.7. The fraction of sp³-hybridized carbons (Fsp3) is 0. The molecule has 0 aliphatic carbocycles. The van der Waals surface area contributed by atoms with E-state index < -0.39 is 21.0 Å². The van der Waals surface area contributed by atoms with Gasteiger partial charge >= 0.3 is 6.03 Å². The monoisotopic (exact) mass is 554 g/mol. The lowest BCUT2D eigenvalue weighted by Gasteiger charge is -2.15. The van der Waals surface area contributed by atoms with Crippen molar-refractivity contribution in [1.29, 1.82) is 0 Å². The Balaban J connectivity index is 1.91. The van der Waals surface area contributed by atoms with Crippen molar-refractivity contribution in [3.05, 3.63) is 73.6 Å². The minimum absolute atomic E-state index is 0.00183. The number of nitrogens with one attached hydrogen (secondary N) is 2. The van der Waals surface area contributed by atoms with Gasteiger partial charge in [-0.05, 0) is 42.5 Å². The minimum atomic E-state index is -4.70.